The second-order valence-corrected chi connectivity index (χ2v) is 5.33. The van der Waals surface area contributed by atoms with Gasteiger partial charge in [-0.2, -0.15) is 0 Å². The first-order valence-electron chi connectivity index (χ1n) is 6.86. The fraction of sp³-hybridized carbons (Fsp3) is 0.353. The van der Waals surface area contributed by atoms with E-state index in [4.69, 9.17) is 0 Å². The summed E-state index contributed by atoms with van der Waals surface area (Å²) in [7, 11) is 0. The predicted octanol–water partition coefficient (Wildman–Crippen LogP) is 3.48. The average Bonchev–Trinajstić information content (AvgIpc) is 2.41. The Balaban J connectivity index is 2.13. The molecule has 0 saturated heterocycles. The number of pyridine rings is 1. The largest absolute Gasteiger partial charge is 0.310 e. The van der Waals surface area contributed by atoms with Crippen LogP contribution in [0, 0.1) is 6.92 Å². The van der Waals surface area contributed by atoms with Crippen molar-refractivity contribution in [2.45, 2.75) is 39.8 Å². The zero-order chi connectivity index (χ0) is 13.7. The van der Waals surface area contributed by atoms with Crippen molar-refractivity contribution < 1.29 is 0 Å². The first-order valence-corrected chi connectivity index (χ1v) is 6.86. The van der Waals surface area contributed by atoms with Crippen LogP contribution >= 0.6 is 0 Å². The number of nitrogens with zero attached hydrogens (tertiary/aromatic N) is 1. The molecular weight excluding hydrogens is 232 g/mol. The van der Waals surface area contributed by atoms with Gasteiger partial charge >= 0.3 is 0 Å². The Morgan fingerprint density at radius 3 is 2.47 bits per heavy atom. The summed E-state index contributed by atoms with van der Waals surface area (Å²) in [5.74, 6) is 0. The van der Waals surface area contributed by atoms with E-state index in [1.807, 2.05) is 12.4 Å². The van der Waals surface area contributed by atoms with Crippen molar-refractivity contribution in [3.63, 3.8) is 0 Å². The van der Waals surface area contributed by atoms with Crippen molar-refractivity contribution in [2.75, 3.05) is 0 Å². The molecule has 0 spiro atoms. The molecule has 1 aromatic heterocycles. The third-order valence-corrected chi connectivity index (χ3v) is 3.27. The van der Waals surface area contributed by atoms with Crippen LogP contribution in [0.15, 0.2) is 42.7 Å². The molecule has 0 saturated carbocycles. The second-order valence-electron chi connectivity index (χ2n) is 5.33. The van der Waals surface area contributed by atoms with Gasteiger partial charge in [-0.3, -0.25) is 4.98 Å². The molecule has 1 N–H and O–H groups in total. The number of rotatable bonds is 5. The predicted molar refractivity (Wildman–Crippen MR) is 80.2 cm³/mol. The zero-order valence-corrected chi connectivity index (χ0v) is 12.0. The van der Waals surface area contributed by atoms with Crippen LogP contribution < -0.4 is 5.32 Å². The summed E-state index contributed by atoms with van der Waals surface area (Å²) < 4.78 is 0. The number of hydrogen-bond acceptors (Lipinski definition) is 2. The van der Waals surface area contributed by atoms with Crippen LogP contribution in [0.5, 0.6) is 0 Å². The second kappa shape index (κ2) is 6.48. The summed E-state index contributed by atoms with van der Waals surface area (Å²) in [4.78, 5) is 4.07. The Labute approximate surface area is 115 Å². The standard InChI is InChI=1S/C17H22N2/c1-13(2)19-12-16-5-4-14(3)17(11-16)10-15-6-8-18-9-7-15/h4-9,11,13,19H,10,12H2,1-3H3. The summed E-state index contributed by atoms with van der Waals surface area (Å²) in [5, 5.41) is 3.46. The maximum absolute atomic E-state index is 4.07. The highest BCUT2D eigenvalue weighted by molar-refractivity contribution is 5.35. The molecule has 0 bridgehead atoms. The summed E-state index contributed by atoms with van der Waals surface area (Å²) in [6, 6.07) is 11.4. The van der Waals surface area contributed by atoms with E-state index in [-0.39, 0.29) is 0 Å². The van der Waals surface area contributed by atoms with E-state index in [0.717, 1.165) is 13.0 Å². The summed E-state index contributed by atoms with van der Waals surface area (Å²) in [6.07, 6.45) is 4.69. The van der Waals surface area contributed by atoms with Crippen LogP contribution in [0.2, 0.25) is 0 Å². The van der Waals surface area contributed by atoms with Gasteiger partial charge in [-0.05, 0) is 47.7 Å². The Kier molecular flexibility index (Phi) is 4.69. The maximum Gasteiger partial charge on any atom is 0.0270 e. The number of benzene rings is 1. The third kappa shape index (κ3) is 4.18. The number of hydrogen-bond donors (Lipinski definition) is 1. The van der Waals surface area contributed by atoms with Gasteiger partial charge in [0.15, 0.2) is 0 Å². The molecule has 0 fully saturated rings. The smallest absolute Gasteiger partial charge is 0.0270 e. The van der Waals surface area contributed by atoms with Gasteiger partial charge < -0.3 is 5.32 Å². The maximum atomic E-state index is 4.07. The first kappa shape index (κ1) is 13.8. The minimum absolute atomic E-state index is 0.518. The normalized spacial score (nSPS) is 10.9. The molecule has 2 heteroatoms. The molecule has 0 radical (unpaired) electrons. The molecule has 0 atom stereocenters. The van der Waals surface area contributed by atoms with Gasteiger partial charge in [0.1, 0.15) is 0 Å². The molecule has 19 heavy (non-hydrogen) atoms. The van der Waals surface area contributed by atoms with Crippen molar-refractivity contribution in [1.82, 2.24) is 10.3 Å². The molecule has 1 heterocycles. The van der Waals surface area contributed by atoms with E-state index in [0.29, 0.717) is 6.04 Å². The molecule has 0 aliphatic heterocycles. The van der Waals surface area contributed by atoms with E-state index in [1.165, 1.54) is 22.3 Å². The Bertz CT molecular complexity index is 518. The fourth-order valence-corrected chi connectivity index (χ4v) is 2.07. The Hall–Kier alpha value is -1.67. The molecular formula is C17H22N2. The zero-order valence-electron chi connectivity index (χ0n) is 12.0. The van der Waals surface area contributed by atoms with E-state index in [9.17, 15) is 0 Å². The minimum Gasteiger partial charge on any atom is -0.310 e. The molecule has 0 unspecified atom stereocenters. The lowest BCUT2D eigenvalue weighted by Gasteiger charge is -2.11. The molecule has 0 aliphatic rings. The van der Waals surface area contributed by atoms with Gasteiger partial charge in [0.2, 0.25) is 0 Å². The topological polar surface area (TPSA) is 24.9 Å². The number of aromatic nitrogens is 1. The van der Waals surface area contributed by atoms with Crippen molar-refractivity contribution in [3.8, 4) is 0 Å². The van der Waals surface area contributed by atoms with Crippen molar-refractivity contribution in [3.05, 3.63) is 65.0 Å². The van der Waals surface area contributed by atoms with Gasteiger partial charge in [0, 0.05) is 25.0 Å². The monoisotopic (exact) mass is 254 g/mol. The highest BCUT2D eigenvalue weighted by Gasteiger charge is 2.03. The first-order chi connectivity index (χ1) is 9.15. The summed E-state index contributed by atoms with van der Waals surface area (Å²) >= 11 is 0. The molecule has 0 amide bonds. The van der Waals surface area contributed by atoms with Crippen LogP contribution in [-0.2, 0) is 13.0 Å². The van der Waals surface area contributed by atoms with Crippen molar-refractivity contribution >= 4 is 0 Å². The highest BCUT2D eigenvalue weighted by Crippen LogP contribution is 2.15. The van der Waals surface area contributed by atoms with Crippen molar-refractivity contribution in [2.24, 2.45) is 0 Å². The van der Waals surface area contributed by atoms with Gasteiger partial charge in [-0.15, -0.1) is 0 Å². The third-order valence-electron chi connectivity index (χ3n) is 3.27. The van der Waals surface area contributed by atoms with Crippen molar-refractivity contribution in [1.29, 1.82) is 0 Å². The van der Waals surface area contributed by atoms with E-state index in [1.54, 1.807) is 0 Å². The van der Waals surface area contributed by atoms with Crippen LogP contribution in [0.1, 0.15) is 36.1 Å². The van der Waals surface area contributed by atoms with E-state index < -0.39 is 0 Å². The quantitative estimate of drug-likeness (QED) is 0.883. The minimum atomic E-state index is 0.518. The summed E-state index contributed by atoms with van der Waals surface area (Å²) in [6.45, 7) is 7.45. The molecule has 2 aromatic rings. The van der Waals surface area contributed by atoms with E-state index in [2.05, 4.69) is 61.4 Å². The molecule has 0 aliphatic carbocycles. The Morgan fingerprint density at radius 1 is 1.05 bits per heavy atom. The van der Waals surface area contributed by atoms with Gasteiger partial charge in [-0.25, -0.2) is 0 Å². The molecule has 2 nitrogen and oxygen atoms in total. The van der Waals surface area contributed by atoms with Crippen LogP contribution in [0.25, 0.3) is 0 Å². The lowest BCUT2D eigenvalue weighted by molar-refractivity contribution is 0.588. The SMILES string of the molecule is Cc1ccc(CNC(C)C)cc1Cc1ccncc1. The lowest BCUT2D eigenvalue weighted by Crippen LogP contribution is -2.21. The Morgan fingerprint density at radius 2 is 1.79 bits per heavy atom. The number of aryl methyl sites for hydroxylation is 1. The fourth-order valence-electron chi connectivity index (χ4n) is 2.07. The molecule has 1 aromatic carbocycles. The highest BCUT2D eigenvalue weighted by atomic mass is 14.9. The van der Waals surface area contributed by atoms with Crippen LogP contribution in [-0.4, -0.2) is 11.0 Å². The molecule has 2 rings (SSSR count). The average molecular weight is 254 g/mol. The van der Waals surface area contributed by atoms with Gasteiger partial charge in [0.05, 0.1) is 0 Å². The lowest BCUT2D eigenvalue weighted by atomic mass is 9.99. The van der Waals surface area contributed by atoms with Crippen LogP contribution in [0.4, 0.5) is 0 Å². The summed E-state index contributed by atoms with van der Waals surface area (Å²) in [5.41, 5.74) is 5.41. The van der Waals surface area contributed by atoms with Gasteiger partial charge in [-0.1, -0.05) is 32.0 Å². The van der Waals surface area contributed by atoms with Gasteiger partial charge in [0.25, 0.3) is 0 Å². The van der Waals surface area contributed by atoms with E-state index >= 15 is 0 Å². The van der Waals surface area contributed by atoms with Crippen LogP contribution in [0.3, 0.4) is 0 Å². The number of nitrogens with one attached hydrogen (secondary N) is 1. The molecule has 100 valence electrons.